The summed E-state index contributed by atoms with van der Waals surface area (Å²) < 4.78 is 0. The largest absolute Gasteiger partial charge is 0.370 e. The number of rotatable bonds is 6. The first kappa shape index (κ1) is 20.4. The number of thioether (sulfide) groups is 1. The quantitative estimate of drug-likeness (QED) is 0.392. The van der Waals surface area contributed by atoms with Gasteiger partial charge in [-0.3, -0.25) is 9.89 Å². The van der Waals surface area contributed by atoms with Crippen LogP contribution in [0.1, 0.15) is 39.5 Å². The second-order valence-electron chi connectivity index (χ2n) is 6.19. The van der Waals surface area contributed by atoms with E-state index in [-0.39, 0.29) is 24.0 Å². The van der Waals surface area contributed by atoms with Gasteiger partial charge < -0.3 is 10.6 Å². The Kier molecular flexibility index (Phi) is 10.1. The van der Waals surface area contributed by atoms with Gasteiger partial charge in [-0.1, -0.05) is 26.7 Å². The SMILES string of the molecule is CCC(CC)C(CN=C(N)N1CCSCC1)N1CCCC1.I. The average molecular weight is 440 g/mol. The number of hydrogen-bond donors (Lipinski definition) is 1. The lowest BCUT2D eigenvalue weighted by Crippen LogP contribution is -2.45. The highest BCUT2D eigenvalue weighted by molar-refractivity contribution is 14.0. The molecule has 0 aromatic heterocycles. The van der Waals surface area contributed by atoms with Gasteiger partial charge in [0, 0.05) is 30.6 Å². The van der Waals surface area contributed by atoms with Crippen molar-refractivity contribution < 1.29 is 0 Å². The Bertz CT molecular complexity index is 322. The van der Waals surface area contributed by atoms with E-state index >= 15 is 0 Å². The molecule has 6 heteroatoms. The van der Waals surface area contributed by atoms with Crippen LogP contribution in [-0.2, 0) is 0 Å². The first-order valence-corrected chi connectivity index (χ1v) is 9.78. The first-order valence-electron chi connectivity index (χ1n) is 8.62. The van der Waals surface area contributed by atoms with Gasteiger partial charge in [0.1, 0.15) is 0 Å². The average Bonchev–Trinajstić information content (AvgIpc) is 3.06. The van der Waals surface area contributed by atoms with Crippen LogP contribution in [0.4, 0.5) is 0 Å². The predicted molar refractivity (Wildman–Crippen MR) is 109 cm³/mol. The van der Waals surface area contributed by atoms with E-state index in [0.29, 0.717) is 6.04 Å². The summed E-state index contributed by atoms with van der Waals surface area (Å²) in [6.07, 6.45) is 5.18. The normalized spacial score (nSPS) is 22.0. The van der Waals surface area contributed by atoms with E-state index in [2.05, 4.69) is 23.6 Å². The summed E-state index contributed by atoms with van der Waals surface area (Å²) in [4.78, 5) is 9.69. The molecule has 2 N–H and O–H groups in total. The third kappa shape index (κ3) is 5.74. The van der Waals surface area contributed by atoms with Gasteiger partial charge in [0.15, 0.2) is 5.96 Å². The highest BCUT2D eigenvalue weighted by atomic mass is 127. The molecule has 4 nitrogen and oxygen atoms in total. The third-order valence-electron chi connectivity index (χ3n) is 4.98. The Balaban J connectivity index is 0.00000242. The number of halogens is 1. The number of hydrogen-bond acceptors (Lipinski definition) is 3. The Morgan fingerprint density at radius 1 is 1.09 bits per heavy atom. The second-order valence-corrected chi connectivity index (χ2v) is 7.41. The van der Waals surface area contributed by atoms with Gasteiger partial charge in [0.25, 0.3) is 0 Å². The first-order chi connectivity index (χ1) is 10.3. The molecule has 2 rings (SSSR count). The van der Waals surface area contributed by atoms with Gasteiger partial charge in [-0.15, -0.1) is 24.0 Å². The molecule has 2 aliphatic heterocycles. The number of nitrogens with zero attached hydrogens (tertiary/aromatic N) is 3. The molecule has 1 atom stereocenters. The van der Waals surface area contributed by atoms with Gasteiger partial charge in [-0.2, -0.15) is 11.8 Å². The molecular formula is C16H33IN4S. The molecule has 0 aromatic rings. The zero-order chi connectivity index (χ0) is 15.1. The van der Waals surface area contributed by atoms with Crippen molar-refractivity contribution in [2.24, 2.45) is 16.6 Å². The van der Waals surface area contributed by atoms with Crippen LogP contribution in [0.5, 0.6) is 0 Å². The van der Waals surface area contributed by atoms with E-state index in [0.717, 1.165) is 31.5 Å². The summed E-state index contributed by atoms with van der Waals surface area (Å²) in [5.74, 6) is 3.87. The van der Waals surface area contributed by atoms with Crippen LogP contribution >= 0.6 is 35.7 Å². The standard InChI is InChI=1S/C16H32N4S.HI/c1-3-14(4-2)15(19-7-5-6-8-19)13-18-16(17)20-9-11-21-12-10-20;/h14-15H,3-13H2,1-2H3,(H2,17,18);1H. The van der Waals surface area contributed by atoms with Crippen molar-refractivity contribution in [1.82, 2.24) is 9.80 Å². The van der Waals surface area contributed by atoms with Gasteiger partial charge in [-0.05, 0) is 31.8 Å². The zero-order valence-electron chi connectivity index (χ0n) is 14.2. The van der Waals surface area contributed by atoms with Crippen LogP contribution < -0.4 is 5.73 Å². The Morgan fingerprint density at radius 3 is 2.23 bits per heavy atom. The van der Waals surface area contributed by atoms with Crippen LogP contribution in [0.25, 0.3) is 0 Å². The molecule has 0 spiro atoms. The van der Waals surface area contributed by atoms with Crippen molar-refractivity contribution in [2.45, 2.75) is 45.6 Å². The summed E-state index contributed by atoms with van der Waals surface area (Å²) in [7, 11) is 0. The van der Waals surface area contributed by atoms with E-state index in [1.165, 1.54) is 50.3 Å². The summed E-state index contributed by atoms with van der Waals surface area (Å²) >= 11 is 2.01. The molecule has 0 aliphatic carbocycles. The van der Waals surface area contributed by atoms with Crippen LogP contribution in [0.2, 0.25) is 0 Å². The van der Waals surface area contributed by atoms with E-state index in [1.54, 1.807) is 0 Å². The van der Waals surface area contributed by atoms with Gasteiger partial charge in [0.2, 0.25) is 0 Å². The molecule has 0 amide bonds. The van der Waals surface area contributed by atoms with Crippen LogP contribution in [-0.4, -0.2) is 66.0 Å². The Hall–Kier alpha value is 0.310. The van der Waals surface area contributed by atoms with Crippen molar-refractivity contribution in [3.05, 3.63) is 0 Å². The molecule has 22 heavy (non-hydrogen) atoms. The molecule has 1 unspecified atom stereocenters. The molecule has 130 valence electrons. The fourth-order valence-electron chi connectivity index (χ4n) is 3.55. The number of nitrogens with two attached hydrogens (primary N) is 1. The maximum absolute atomic E-state index is 6.23. The molecule has 2 fully saturated rings. The lowest BCUT2D eigenvalue weighted by molar-refractivity contribution is 0.171. The van der Waals surface area contributed by atoms with Gasteiger partial charge >= 0.3 is 0 Å². The van der Waals surface area contributed by atoms with E-state index in [4.69, 9.17) is 10.7 Å². The highest BCUT2D eigenvalue weighted by Gasteiger charge is 2.27. The fraction of sp³-hybridized carbons (Fsp3) is 0.938. The summed E-state index contributed by atoms with van der Waals surface area (Å²) in [6, 6.07) is 0.584. The van der Waals surface area contributed by atoms with Crippen LogP contribution in [0.15, 0.2) is 4.99 Å². The van der Waals surface area contributed by atoms with E-state index in [9.17, 15) is 0 Å². The van der Waals surface area contributed by atoms with Crippen molar-refractivity contribution in [3.8, 4) is 0 Å². The van der Waals surface area contributed by atoms with Gasteiger partial charge in [-0.25, -0.2) is 0 Å². The summed E-state index contributed by atoms with van der Waals surface area (Å²) in [5.41, 5.74) is 6.23. The highest BCUT2D eigenvalue weighted by Crippen LogP contribution is 2.23. The minimum atomic E-state index is 0. The zero-order valence-corrected chi connectivity index (χ0v) is 17.3. The molecule has 2 aliphatic rings. The monoisotopic (exact) mass is 440 g/mol. The number of likely N-dealkylation sites (tertiary alicyclic amines) is 1. The predicted octanol–water partition coefficient (Wildman–Crippen LogP) is 2.87. The van der Waals surface area contributed by atoms with Crippen LogP contribution in [0.3, 0.4) is 0 Å². The molecule has 2 heterocycles. The smallest absolute Gasteiger partial charge is 0.191 e. The molecular weight excluding hydrogens is 407 g/mol. The molecule has 2 saturated heterocycles. The van der Waals surface area contributed by atoms with Crippen molar-refractivity contribution in [1.29, 1.82) is 0 Å². The molecule has 0 bridgehead atoms. The lowest BCUT2D eigenvalue weighted by Gasteiger charge is -2.33. The molecule has 0 saturated carbocycles. The van der Waals surface area contributed by atoms with Crippen molar-refractivity contribution >= 4 is 41.7 Å². The Labute approximate surface area is 157 Å². The van der Waals surface area contributed by atoms with Crippen molar-refractivity contribution in [2.75, 3.05) is 44.2 Å². The third-order valence-corrected chi connectivity index (χ3v) is 5.92. The maximum Gasteiger partial charge on any atom is 0.191 e. The number of aliphatic imine (C=N–C) groups is 1. The second kappa shape index (κ2) is 11.0. The number of guanidine groups is 1. The minimum Gasteiger partial charge on any atom is -0.370 e. The fourth-order valence-corrected chi connectivity index (χ4v) is 4.45. The van der Waals surface area contributed by atoms with E-state index in [1.807, 2.05) is 11.8 Å². The lowest BCUT2D eigenvalue weighted by atomic mass is 9.93. The van der Waals surface area contributed by atoms with Crippen molar-refractivity contribution in [3.63, 3.8) is 0 Å². The summed E-state index contributed by atoms with van der Waals surface area (Å²) in [6.45, 7) is 10.1. The Morgan fingerprint density at radius 2 is 1.68 bits per heavy atom. The maximum atomic E-state index is 6.23. The molecule has 0 aromatic carbocycles. The summed E-state index contributed by atoms with van der Waals surface area (Å²) in [5, 5.41) is 0. The van der Waals surface area contributed by atoms with E-state index < -0.39 is 0 Å². The molecule has 0 radical (unpaired) electrons. The minimum absolute atomic E-state index is 0. The van der Waals surface area contributed by atoms with Gasteiger partial charge in [0.05, 0.1) is 6.54 Å². The van der Waals surface area contributed by atoms with Crippen LogP contribution in [0, 0.1) is 5.92 Å². The topological polar surface area (TPSA) is 44.9 Å².